The highest BCUT2D eigenvalue weighted by molar-refractivity contribution is 7.92. The van der Waals surface area contributed by atoms with Gasteiger partial charge in [0, 0.05) is 22.1 Å². The van der Waals surface area contributed by atoms with Crippen LogP contribution in [0.4, 0.5) is 5.69 Å². The minimum absolute atomic E-state index is 0.0135. The first-order chi connectivity index (χ1) is 18.7. The van der Waals surface area contributed by atoms with E-state index in [2.05, 4.69) is 5.32 Å². The summed E-state index contributed by atoms with van der Waals surface area (Å²) in [6, 6.07) is 18.8. The first kappa shape index (κ1) is 31.5. The lowest BCUT2D eigenvalue weighted by Crippen LogP contribution is -2.55. The average molecular weight is 605 g/mol. The highest BCUT2D eigenvalue weighted by Gasteiger charge is 2.34. The van der Waals surface area contributed by atoms with Crippen molar-refractivity contribution in [3.8, 4) is 0 Å². The fraction of sp³-hybridized carbons (Fsp3) is 0.333. The summed E-state index contributed by atoms with van der Waals surface area (Å²) in [7, 11) is -4.17. The van der Waals surface area contributed by atoms with Crippen molar-refractivity contribution in [1.82, 2.24) is 10.2 Å². The Morgan fingerprint density at radius 2 is 1.52 bits per heavy atom. The van der Waals surface area contributed by atoms with E-state index in [0.29, 0.717) is 27.7 Å². The second-order valence-corrected chi connectivity index (χ2v) is 13.3. The molecule has 10 heteroatoms. The van der Waals surface area contributed by atoms with Crippen LogP contribution in [0.2, 0.25) is 10.0 Å². The Bertz CT molecular complexity index is 1440. The zero-order chi connectivity index (χ0) is 29.7. The maximum absolute atomic E-state index is 14.1. The molecule has 1 N–H and O–H groups in total. The van der Waals surface area contributed by atoms with Gasteiger partial charge in [0.2, 0.25) is 11.8 Å². The van der Waals surface area contributed by atoms with Crippen LogP contribution < -0.4 is 9.62 Å². The molecule has 0 aliphatic carbocycles. The Balaban J connectivity index is 2.08. The molecule has 40 heavy (non-hydrogen) atoms. The van der Waals surface area contributed by atoms with Gasteiger partial charge in [-0.05, 0) is 82.1 Å². The van der Waals surface area contributed by atoms with Crippen LogP contribution in [0.25, 0.3) is 0 Å². The van der Waals surface area contributed by atoms with Crippen molar-refractivity contribution >= 4 is 50.7 Å². The smallest absolute Gasteiger partial charge is 0.264 e. The number of carbonyl (C=O) groups is 2. The molecule has 0 aliphatic heterocycles. The molecule has 0 fully saturated rings. The first-order valence-corrected chi connectivity index (χ1v) is 15.1. The normalized spacial score (nSPS) is 12.5. The number of anilines is 1. The summed E-state index contributed by atoms with van der Waals surface area (Å²) in [6.07, 6.45) is 0.312. The summed E-state index contributed by atoms with van der Waals surface area (Å²) in [6.45, 7) is 8.76. The number of nitrogens with zero attached hydrogens (tertiary/aromatic N) is 2. The number of hydrogen-bond donors (Lipinski definition) is 1. The summed E-state index contributed by atoms with van der Waals surface area (Å²) < 4.78 is 28.8. The van der Waals surface area contributed by atoms with E-state index in [9.17, 15) is 18.0 Å². The van der Waals surface area contributed by atoms with Crippen LogP contribution in [0.1, 0.15) is 45.2 Å². The molecular formula is C30H35Cl2N3O4S. The molecule has 0 saturated carbocycles. The van der Waals surface area contributed by atoms with E-state index in [1.807, 2.05) is 34.6 Å². The SMILES string of the molecule is CC[C@@H](C(=O)NC(C)(C)C)N(Cc1ccccc1Cl)C(=O)CN(c1ccc(C)cc1)S(=O)(=O)c1ccc(Cl)cc1. The van der Waals surface area contributed by atoms with Gasteiger partial charge >= 0.3 is 0 Å². The van der Waals surface area contributed by atoms with Gasteiger partial charge in [-0.3, -0.25) is 13.9 Å². The zero-order valence-electron chi connectivity index (χ0n) is 23.3. The Labute approximate surface area is 247 Å². The van der Waals surface area contributed by atoms with Crippen LogP contribution in [0, 0.1) is 6.92 Å². The minimum atomic E-state index is -4.17. The number of sulfonamides is 1. The molecule has 214 valence electrons. The minimum Gasteiger partial charge on any atom is -0.350 e. The Hall–Kier alpha value is -3.07. The lowest BCUT2D eigenvalue weighted by Gasteiger charge is -2.35. The van der Waals surface area contributed by atoms with Crippen molar-refractivity contribution in [3.05, 3.63) is 94.0 Å². The van der Waals surface area contributed by atoms with Crippen LogP contribution in [-0.2, 0) is 26.2 Å². The predicted octanol–water partition coefficient (Wildman–Crippen LogP) is 6.22. The predicted molar refractivity (Wildman–Crippen MR) is 161 cm³/mol. The van der Waals surface area contributed by atoms with Gasteiger partial charge in [-0.2, -0.15) is 0 Å². The van der Waals surface area contributed by atoms with Gasteiger partial charge in [-0.1, -0.05) is 66.0 Å². The van der Waals surface area contributed by atoms with Crippen LogP contribution in [-0.4, -0.2) is 43.3 Å². The molecular weight excluding hydrogens is 569 g/mol. The first-order valence-electron chi connectivity index (χ1n) is 12.9. The summed E-state index contributed by atoms with van der Waals surface area (Å²) in [5, 5.41) is 3.78. The number of rotatable bonds is 10. The molecule has 0 saturated heterocycles. The van der Waals surface area contributed by atoms with Crippen molar-refractivity contribution < 1.29 is 18.0 Å². The molecule has 2 amide bonds. The Morgan fingerprint density at radius 3 is 2.08 bits per heavy atom. The van der Waals surface area contributed by atoms with Crippen molar-refractivity contribution in [3.63, 3.8) is 0 Å². The van der Waals surface area contributed by atoms with E-state index in [0.717, 1.165) is 9.87 Å². The number of aryl methyl sites for hydroxylation is 1. The van der Waals surface area contributed by atoms with Gasteiger partial charge in [0.05, 0.1) is 10.6 Å². The number of benzene rings is 3. The molecule has 7 nitrogen and oxygen atoms in total. The van der Waals surface area contributed by atoms with E-state index >= 15 is 0 Å². The molecule has 3 aromatic rings. The second kappa shape index (κ2) is 13.1. The highest BCUT2D eigenvalue weighted by atomic mass is 35.5. The third-order valence-corrected chi connectivity index (χ3v) is 8.59. The van der Waals surface area contributed by atoms with Crippen LogP contribution in [0.3, 0.4) is 0 Å². The summed E-state index contributed by atoms with van der Waals surface area (Å²) in [5.41, 5.74) is 1.36. The topological polar surface area (TPSA) is 86.8 Å². The summed E-state index contributed by atoms with van der Waals surface area (Å²) in [4.78, 5) is 28.8. The van der Waals surface area contributed by atoms with E-state index < -0.39 is 34.1 Å². The van der Waals surface area contributed by atoms with E-state index in [1.165, 1.54) is 29.2 Å². The molecule has 0 heterocycles. The summed E-state index contributed by atoms with van der Waals surface area (Å²) in [5.74, 6) is -0.883. The van der Waals surface area contributed by atoms with Crippen LogP contribution >= 0.6 is 23.2 Å². The largest absolute Gasteiger partial charge is 0.350 e. The van der Waals surface area contributed by atoms with Gasteiger partial charge in [0.25, 0.3) is 10.0 Å². The maximum atomic E-state index is 14.1. The molecule has 1 atom stereocenters. The lowest BCUT2D eigenvalue weighted by atomic mass is 10.1. The van der Waals surface area contributed by atoms with Crippen molar-refractivity contribution in [2.24, 2.45) is 0 Å². The summed E-state index contributed by atoms with van der Waals surface area (Å²) >= 11 is 12.4. The van der Waals surface area contributed by atoms with Crippen molar-refractivity contribution in [1.29, 1.82) is 0 Å². The van der Waals surface area contributed by atoms with Crippen LogP contribution in [0.5, 0.6) is 0 Å². The fourth-order valence-corrected chi connectivity index (χ4v) is 5.89. The fourth-order valence-electron chi connectivity index (χ4n) is 4.16. The van der Waals surface area contributed by atoms with Gasteiger partial charge in [-0.25, -0.2) is 8.42 Å². The Kier molecular flexibility index (Phi) is 10.3. The Morgan fingerprint density at radius 1 is 0.925 bits per heavy atom. The molecule has 0 radical (unpaired) electrons. The lowest BCUT2D eigenvalue weighted by molar-refractivity contribution is -0.141. The molecule has 0 unspecified atom stereocenters. The number of carbonyl (C=O) groups excluding carboxylic acids is 2. The van der Waals surface area contributed by atoms with E-state index in [4.69, 9.17) is 23.2 Å². The second-order valence-electron chi connectivity index (χ2n) is 10.6. The maximum Gasteiger partial charge on any atom is 0.264 e. The number of halogens is 2. The number of hydrogen-bond acceptors (Lipinski definition) is 4. The third-order valence-electron chi connectivity index (χ3n) is 6.19. The molecule has 0 spiro atoms. The number of amides is 2. The number of nitrogens with one attached hydrogen (secondary N) is 1. The molecule has 0 aromatic heterocycles. The highest BCUT2D eigenvalue weighted by Crippen LogP contribution is 2.27. The quantitative estimate of drug-likeness (QED) is 0.298. The van der Waals surface area contributed by atoms with Crippen LogP contribution in [0.15, 0.2) is 77.7 Å². The zero-order valence-corrected chi connectivity index (χ0v) is 25.6. The van der Waals surface area contributed by atoms with Gasteiger partial charge < -0.3 is 10.2 Å². The van der Waals surface area contributed by atoms with E-state index in [1.54, 1.807) is 48.5 Å². The average Bonchev–Trinajstić information content (AvgIpc) is 2.88. The standard InChI is InChI=1S/C30H35Cl2N3O4S/c1-6-27(29(37)33-30(3,4)5)34(19-22-9-7-8-10-26(22)32)28(36)20-35(24-15-11-21(2)12-16-24)40(38,39)25-17-13-23(31)14-18-25/h7-18,27H,6,19-20H2,1-5H3,(H,33,37)/t27-/m0/s1. The van der Waals surface area contributed by atoms with Gasteiger partial charge in [0.1, 0.15) is 12.6 Å². The third kappa shape index (κ3) is 7.99. The molecule has 3 aromatic carbocycles. The van der Waals surface area contributed by atoms with Crippen molar-refractivity contribution in [2.75, 3.05) is 10.8 Å². The molecule has 3 rings (SSSR count). The monoisotopic (exact) mass is 603 g/mol. The van der Waals surface area contributed by atoms with Crippen molar-refractivity contribution in [2.45, 2.75) is 64.1 Å². The molecule has 0 bridgehead atoms. The van der Waals surface area contributed by atoms with Gasteiger partial charge in [0.15, 0.2) is 0 Å². The molecule has 0 aliphatic rings. The van der Waals surface area contributed by atoms with E-state index in [-0.39, 0.29) is 17.3 Å². The van der Waals surface area contributed by atoms with Gasteiger partial charge in [-0.15, -0.1) is 0 Å².